The first-order chi connectivity index (χ1) is 12.5. The minimum absolute atomic E-state index is 0.0369. The molecule has 0 aromatic heterocycles. The summed E-state index contributed by atoms with van der Waals surface area (Å²) in [6.07, 6.45) is 0.556. The predicted octanol–water partition coefficient (Wildman–Crippen LogP) is 2.02. The second kappa shape index (κ2) is 7.43. The van der Waals surface area contributed by atoms with Crippen LogP contribution in [0.5, 0.6) is 23.0 Å². The van der Waals surface area contributed by atoms with Crippen molar-refractivity contribution in [2.45, 2.75) is 12.3 Å². The number of phenolic OH excluding ortho intramolecular Hbond substituents is 2. The van der Waals surface area contributed by atoms with Crippen LogP contribution in [0.15, 0.2) is 30.3 Å². The van der Waals surface area contributed by atoms with E-state index in [1.54, 1.807) is 30.3 Å². The van der Waals surface area contributed by atoms with Gasteiger partial charge in [-0.05, 0) is 59.2 Å². The van der Waals surface area contributed by atoms with Gasteiger partial charge >= 0.3 is 0 Å². The molecule has 3 rings (SSSR count). The van der Waals surface area contributed by atoms with E-state index in [9.17, 15) is 20.4 Å². The second-order valence-electron chi connectivity index (χ2n) is 6.63. The monoisotopic (exact) mass is 360 g/mol. The summed E-state index contributed by atoms with van der Waals surface area (Å²) in [5.74, 6) is 0.199. The van der Waals surface area contributed by atoms with Crippen molar-refractivity contribution in [1.82, 2.24) is 0 Å². The lowest BCUT2D eigenvalue weighted by Crippen LogP contribution is -2.35. The van der Waals surface area contributed by atoms with E-state index in [0.29, 0.717) is 17.9 Å². The summed E-state index contributed by atoms with van der Waals surface area (Å²) in [7, 11) is 2.97. The van der Waals surface area contributed by atoms with Crippen LogP contribution >= 0.6 is 0 Å². The van der Waals surface area contributed by atoms with Gasteiger partial charge in [-0.3, -0.25) is 0 Å². The first-order valence-corrected chi connectivity index (χ1v) is 8.52. The molecule has 0 spiro atoms. The summed E-state index contributed by atoms with van der Waals surface area (Å²) in [5, 5.41) is 39.9. The lowest BCUT2D eigenvalue weighted by molar-refractivity contribution is 0.101. The Labute approximate surface area is 152 Å². The van der Waals surface area contributed by atoms with Crippen molar-refractivity contribution >= 4 is 0 Å². The van der Waals surface area contributed by atoms with Gasteiger partial charge in [0.2, 0.25) is 0 Å². The van der Waals surface area contributed by atoms with Crippen LogP contribution in [0.4, 0.5) is 0 Å². The number of rotatable bonds is 5. The number of benzene rings is 2. The maximum atomic E-state index is 10.1. The van der Waals surface area contributed by atoms with Crippen molar-refractivity contribution in [3.05, 3.63) is 47.0 Å². The van der Waals surface area contributed by atoms with E-state index < -0.39 is 0 Å². The zero-order valence-electron chi connectivity index (χ0n) is 14.8. The zero-order chi connectivity index (χ0) is 18.8. The number of phenols is 2. The second-order valence-corrected chi connectivity index (χ2v) is 6.63. The lowest BCUT2D eigenvalue weighted by Gasteiger charge is -2.39. The first kappa shape index (κ1) is 18.4. The van der Waals surface area contributed by atoms with E-state index >= 15 is 0 Å². The molecule has 140 valence electrons. The molecule has 0 amide bonds. The Morgan fingerprint density at radius 1 is 0.923 bits per heavy atom. The highest BCUT2D eigenvalue weighted by Crippen LogP contribution is 2.47. The van der Waals surface area contributed by atoms with Crippen molar-refractivity contribution in [3.8, 4) is 23.0 Å². The number of hydrogen-bond donors (Lipinski definition) is 4. The molecule has 0 saturated heterocycles. The molecular formula is C20H24O6. The molecular weight excluding hydrogens is 336 g/mol. The van der Waals surface area contributed by atoms with Crippen LogP contribution < -0.4 is 9.47 Å². The normalized spacial score (nSPS) is 21.9. The molecule has 4 N–H and O–H groups in total. The summed E-state index contributed by atoms with van der Waals surface area (Å²) in [6.45, 7) is -0.162. The van der Waals surface area contributed by atoms with Crippen LogP contribution in [0, 0.1) is 11.8 Å². The van der Waals surface area contributed by atoms with Gasteiger partial charge in [0.25, 0.3) is 0 Å². The van der Waals surface area contributed by atoms with E-state index in [2.05, 4.69) is 0 Å². The van der Waals surface area contributed by atoms with Crippen LogP contribution in [0.25, 0.3) is 0 Å². The van der Waals surface area contributed by atoms with Crippen LogP contribution in [0.2, 0.25) is 0 Å². The van der Waals surface area contributed by atoms with Gasteiger partial charge in [-0.25, -0.2) is 0 Å². The highest BCUT2D eigenvalue weighted by molar-refractivity contribution is 5.53. The van der Waals surface area contributed by atoms with Crippen molar-refractivity contribution in [2.24, 2.45) is 11.8 Å². The van der Waals surface area contributed by atoms with E-state index in [1.807, 2.05) is 0 Å². The number of ether oxygens (including phenoxy) is 2. The molecule has 6 nitrogen and oxygen atoms in total. The van der Waals surface area contributed by atoms with E-state index in [-0.39, 0.29) is 42.5 Å². The number of fused-ring (bicyclic) bond motifs is 1. The molecule has 3 atom stereocenters. The summed E-state index contributed by atoms with van der Waals surface area (Å²) < 4.78 is 10.5. The SMILES string of the molecule is COc1cc([C@H]2c3cc(OC)c(O)cc3C[C@@H](CO)[C@@H]2CO)ccc1O. The molecule has 1 aliphatic carbocycles. The Bertz CT molecular complexity index is 788. The molecule has 2 aromatic carbocycles. The average molecular weight is 360 g/mol. The third-order valence-corrected chi connectivity index (χ3v) is 5.30. The van der Waals surface area contributed by atoms with Crippen LogP contribution in [0.3, 0.4) is 0 Å². The molecule has 2 aromatic rings. The van der Waals surface area contributed by atoms with Gasteiger partial charge in [0.05, 0.1) is 14.2 Å². The Morgan fingerprint density at radius 2 is 1.62 bits per heavy atom. The molecule has 0 aliphatic heterocycles. The molecule has 0 bridgehead atoms. The smallest absolute Gasteiger partial charge is 0.160 e. The Balaban J connectivity index is 2.20. The topological polar surface area (TPSA) is 99.4 Å². The summed E-state index contributed by atoms with van der Waals surface area (Å²) >= 11 is 0. The molecule has 0 radical (unpaired) electrons. The Morgan fingerprint density at radius 3 is 2.23 bits per heavy atom. The van der Waals surface area contributed by atoms with Crippen LogP contribution in [-0.2, 0) is 6.42 Å². The third-order valence-electron chi connectivity index (χ3n) is 5.30. The van der Waals surface area contributed by atoms with Crippen molar-refractivity contribution in [1.29, 1.82) is 0 Å². The summed E-state index contributed by atoms with van der Waals surface area (Å²) in [6, 6.07) is 8.53. The number of hydrogen-bond acceptors (Lipinski definition) is 6. The molecule has 6 heteroatoms. The van der Waals surface area contributed by atoms with Gasteiger partial charge in [-0.15, -0.1) is 0 Å². The number of aromatic hydroxyl groups is 2. The minimum Gasteiger partial charge on any atom is -0.504 e. The Kier molecular flexibility index (Phi) is 5.25. The van der Waals surface area contributed by atoms with Gasteiger partial charge in [0.1, 0.15) is 0 Å². The van der Waals surface area contributed by atoms with E-state index in [4.69, 9.17) is 9.47 Å². The number of aliphatic hydroxyl groups is 2. The van der Waals surface area contributed by atoms with Gasteiger partial charge < -0.3 is 29.9 Å². The molecule has 0 heterocycles. The fourth-order valence-electron chi connectivity index (χ4n) is 3.96. The minimum atomic E-state index is -0.232. The van der Waals surface area contributed by atoms with Crippen molar-refractivity contribution < 1.29 is 29.9 Å². The largest absolute Gasteiger partial charge is 0.504 e. The molecule has 26 heavy (non-hydrogen) atoms. The molecule has 0 saturated carbocycles. The zero-order valence-corrected chi connectivity index (χ0v) is 14.8. The van der Waals surface area contributed by atoms with Crippen molar-refractivity contribution in [2.75, 3.05) is 27.4 Å². The van der Waals surface area contributed by atoms with Crippen LogP contribution in [-0.4, -0.2) is 47.9 Å². The number of aliphatic hydroxyl groups excluding tert-OH is 2. The Hall–Kier alpha value is -2.44. The predicted molar refractivity (Wildman–Crippen MR) is 96.0 cm³/mol. The van der Waals surface area contributed by atoms with Crippen molar-refractivity contribution in [3.63, 3.8) is 0 Å². The van der Waals surface area contributed by atoms with E-state index in [0.717, 1.165) is 16.7 Å². The maximum absolute atomic E-state index is 10.1. The lowest BCUT2D eigenvalue weighted by atomic mass is 9.67. The number of methoxy groups -OCH3 is 2. The van der Waals surface area contributed by atoms with Crippen LogP contribution in [0.1, 0.15) is 22.6 Å². The summed E-state index contributed by atoms with van der Waals surface area (Å²) in [5.41, 5.74) is 2.69. The molecule has 0 unspecified atom stereocenters. The fraction of sp³-hybridized carbons (Fsp3) is 0.400. The quantitative estimate of drug-likeness (QED) is 0.651. The maximum Gasteiger partial charge on any atom is 0.160 e. The average Bonchev–Trinajstić information content (AvgIpc) is 2.66. The van der Waals surface area contributed by atoms with Gasteiger partial charge in [-0.1, -0.05) is 6.07 Å². The van der Waals surface area contributed by atoms with Gasteiger partial charge in [0.15, 0.2) is 23.0 Å². The molecule has 1 aliphatic rings. The first-order valence-electron chi connectivity index (χ1n) is 8.52. The highest BCUT2D eigenvalue weighted by atomic mass is 16.5. The van der Waals surface area contributed by atoms with Gasteiger partial charge in [0, 0.05) is 19.1 Å². The third kappa shape index (κ3) is 3.06. The van der Waals surface area contributed by atoms with E-state index in [1.165, 1.54) is 14.2 Å². The standard InChI is InChI=1S/C20H24O6/c1-25-18-7-11(3-4-16(18)23)20-14-8-19(26-2)17(24)6-12(14)5-13(9-21)15(20)10-22/h3-4,6-8,13,15,20-24H,5,9-10H2,1-2H3/t13-,15-,20-/m0/s1. The molecule has 0 fully saturated rings. The highest BCUT2D eigenvalue weighted by Gasteiger charge is 2.38. The summed E-state index contributed by atoms with van der Waals surface area (Å²) in [4.78, 5) is 0. The fourth-order valence-corrected chi connectivity index (χ4v) is 3.96. The van der Waals surface area contributed by atoms with Gasteiger partial charge in [-0.2, -0.15) is 0 Å².